The minimum Gasteiger partial charge on any atom is -0.384 e. The van der Waals surface area contributed by atoms with E-state index in [1.165, 1.54) is 0 Å². The zero-order chi connectivity index (χ0) is 21.6. The molecule has 30 heavy (non-hydrogen) atoms. The summed E-state index contributed by atoms with van der Waals surface area (Å²) in [6.45, 7) is 6.46. The van der Waals surface area contributed by atoms with Gasteiger partial charge in [0.05, 0.1) is 4.47 Å². The molecule has 0 bridgehead atoms. The van der Waals surface area contributed by atoms with Gasteiger partial charge < -0.3 is 20.9 Å². The Morgan fingerprint density at radius 3 is 2.20 bits per heavy atom. The summed E-state index contributed by atoms with van der Waals surface area (Å²) in [5.74, 6) is 1.24. The van der Waals surface area contributed by atoms with Crippen LogP contribution in [0.25, 0.3) is 0 Å². The molecule has 0 amide bonds. The van der Waals surface area contributed by atoms with Crippen LogP contribution < -0.4 is 16.0 Å². The van der Waals surface area contributed by atoms with E-state index in [1.54, 1.807) is 6.20 Å². The van der Waals surface area contributed by atoms with Crippen LogP contribution in [0, 0.1) is 5.41 Å². The summed E-state index contributed by atoms with van der Waals surface area (Å²) in [5.41, 5.74) is 3.18. The van der Waals surface area contributed by atoms with Gasteiger partial charge in [-0.1, -0.05) is 32.0 Å². The van der Waals surface area contributed by atoms with E-state index >= 15 is 0 Å². The lowest BCUT2D eigenvalue weighted by Gasteiger charge is -2.28. The second-order valence-corrected chi connectivity index (χ2v) is 9.19. The van der Waals surface area contributed by atoms with Crippen LogP contribution in [0.1, 0.15) is 13.8 Å². The third-order valence-electron chi connectivity index (χ3n) is 4.44. The fourth-order valence-electron chi connectivity index (χ4n) is 3.23. The first-order chi connectivity index (χ1) is 14.3. The molecule has 0 aliphatic carbocycles. The van der Waals surface area contributed by atoms with Crippen molar-refractivity contribution in [2.45, 2.75) is 13.8 Å². The number of hydrogen-bond acceptors (Lipinski definition) is 6. The average Bonchev–Trinajstić information content (AvgIpc) is 2.70. The smallest absolute Gasteiger partial charge is 0.229 e. The van der Waals surface area contributed by atoms with Gasteiger partial charge in [0.15, 0.2) is 0 Å². The van der Waals surface area contributed by atoms with E-state index in [4.69, 9.17) is 0 Å². The molecule has 158 valence electrons. The predicted molar refractivity (Wildman–Crippen MR) is 130 cm³/mol. The molecular formula is C23H29BrN6. The number of nitrogens with one attached hydrogen (secondary N) is 3. The highest BCUT2D eigenvalue weighted by Crippen LogP contribution is 2.26. The van der Waals surface area contributed by atoms with Gasteiger partial charge in [-0.05, 0) is 71.8 Å². The Balaban J connectivity index is 1.62. The number of para-hydroxylation sites is 1. The molecule has 1 aromatic heterocycles. The number of halogens is 1. The molecule has 0 spiro atoms. The molecule has 1 heterocycles. The summed E-state index contributed by atoms with van der Waals surface area (Å²) in [6, 6.07) is 18.1. The van der Waals surface area contributed by atoms with E-state index in [0.717, 1.165) is 34.6 Å². The van der Waals surface area contributed by atoms with Crippen LogP contribution in [0.3, 0.4) is 0 Å². The third-order valence-corrected chi connectivity index (χ3v) is 5.02. The second-order valence-electron chi connectivity index (χ2n) is 8.34. The van der Waals surface area contributed by atoms with E-state index in [-0.39, 0.29) is 5.41 Å². The summed E-state index contributed by atoms with van der Waals surface area (Å²) < 4.78 is 0.803. The van der Waals surface area contributed by atoms with Crippen molar-refractivity contribution in [3.8, 4) is 0 Å². The topological polar surface area (TPSA) is 65.1 Å². The highest BCUT2D eigenvalue weighted by atomic mass is 79.9. The second kappa shape index (κ2) is 9.91. The summed E-state index contributed by atoms with van der Waals surface area (Å²) >= 11 is 3.50. The lowest BCUT2D eigenvalue weighted by molar-refractivity contribution is 0.254. The van der Waals surface area contributed by atoms with Crippen LogP contribution in [-0.4, -0.2) is 42.1 Å². The fraction of sp³-hybridized carbons (Fsp3) is 0.304. The number of benzene rings is 2. The highest BCUT2D eigenvalue weighted by Gasteiger charge is 2.18. The summed E-state index contributed by atoms with van der Waals surface area (Å²) in [7, 11) is 4.21. The first kappa shape index (κ1) is 22.1. The van der Waals surface area contributed by atoms with Gasteiger partial charge in [-0.15, -0.1) is 0 Å². The Morgan fingerprint density at radius 1 is 0.900 bits per heavy atom. The van der Waals surface area contributed by atoms with Gasteiger partial charge in [-0.25, -0.2) is 4.98 Å². The Kier molecular flexibility index (Phi) is 7.29. The lowest BCUT2D eigenvalue weighted by Crippen LogP contribution is -2.34. The van der Waals surface area contributed by atoms with Crippen molar-refractivity contribution in [3.05, 3.63) is 65.3 Å². The van der Waals surface area contributed by atoms with Gasteiger partial charge in [0, 0.05) is 36.3 Å². The molecule has 3 N–H and O–H groups in total. The third kappa shape index (κ3) is 6.71. The summed E-state index contributed by atoms with van der Waals surface area (Å²) in [4.78, 5) is 11.2. The van der Waals surface area contributed by atoms with Crippen molar-refractivity contribution >= 4 is 44.8 Å². The van der Waals surface area contributed by atoms with Crippen molar-refractivity contribution < 1.29 is 0 Å². The normalized spacial score (nSPS) is 11.4. The van der Waals surface area contributed by atoms with Gasteiger partial charge in [-0.3, -0.25) is 0 Å². The molecule has 0 aliphatic heterocycles. The van der Waals surface area contributed by atoms with Gasteiger partial charge in [-0.2, -0.15) is 4.98 Å². The average molecular weight is 469 g/mol. The first-order valence-electron chi connectivity index (χ1n) is 9.91. The van der Waals surface area contributed by atoms with Crippen LogP contribution >= 0.6 is 15.9 Å². The molecule has 0 saturated heterocycles. The van der Waals surface area contributed by atoms with Crippen LogP contribution in [0.5, 0.6) is 0 Å². The Bertz CT molecular complexity index is 942. The quantitative estimate of drug-likeness (QED) is 0.372. The van der Waals surface area contributed by atoms with Crippen LogP contribution in [-0.2, 0) is 0 Å². The van der Waals surface area contributed by atoms with Gasteiger partial charge in [0.2, 0.25) is 5.95 Å². The molecular weight excluding hydrogens is 440 g/mol. The Hall–Kier alpha value is -2.64. The van der Waals surface area contributed by atoms with E-state index in [9.17, 15) is 0 Å². The molecule has 0 aliphatic rings. The van der Waals surface area contributed by atoms with Crippen LogP contribution in [0.15, 0.2) is 65.3 Å². The maximum atomic E-state index is 4.58. The molecule has 6 nitrogen and oxygen atoms in total. The number of nitrogens with zero attached hydrogens (tertiary/aromatic N) is 3. The Labute approximate surface area is 187 Å². The molecule has 3 aromatic rings. The van der Waals surface area contributed by atoms with Crippen molar-refractivity contribution in [2.75, 3.05) is 43.1 Å². The van der Waals surface area contributed by atoms with Crippen LogP contribution in [0.2, 0.25) is 0 Å². The van der Waals surface area contributed by atoms with Gasteiger partial charge in [0.25, 0.3) is 0 Å². The Morgan fingerprint density at radius 2 is 1.53 bits per heavy atom. The zero-order valence-corrected chi connectivity index (χ0v) is 19.5. The molecule has 0 saturated carbocycles. The molecule has 0 radical (unpaired) electrons. The van der Waals surface area contributed by atoms with Crippen molar-refractivity contribution in [1.29, 1.82) is 0 Å². The number of rotatable bonds is 9. The molecule has 3 rings (SSSR count). The van der Waals surface area contributed by atoms with E-state index in [0.29, 0.717) is 11.8 Å². The van der Waals surface area contributed by atoms with Crippen molar-refractivity contribution in [3.63, 3.8) is 0 Å². The van der Waals surface area contributed by atoms with E-state index in [2.05, 4.69) is 86.8 Å². The predicted octanol–water partition coefficient (Wildman–Crippen LogP) is 5.73. The SMILES string of the molecule is CN(C)CC(C)(C)CNc1ccc(Nc2ncc(Br)c(Nc3ccccc3)n2)cc1. The monoisotopic (exact) mass is 468 g/mol. The standard InChI is InChI=1S/C23H29BrN6/c1-23(2,16-30(3)4)15-26-17-10-12-19(13-11-17)28-22-25-14-20(24)21(29-22)27-18-8-6-5-7-9-18/h5-14,26H,15-16H2,1-4H3,(H2,25,27,28,29). The van der Waals surface area contributed by atoms with E-state index < -0.39 is 0 Å². The van der Waals surface area contributed by atoms with Crippen molar-refractivity contribution in [2.24, 2.45) is 5.41 Å². The fourth-order valence-corrected chi connectivity index (χ4v) is 3.52. The molecule has 0 fully saturated rings. The number of hydrogen-bond donors (Lipinski definition) is 3. The summed E-state index contributed by atoms with van der Waals surface area (Å²) in [6.07, 6.45) is 1.74. The molecule has 0 unspecified atom stereocenters. The van der Waals surface area contributed by atoms with Gasteiger partial charge >= 0.3 is 0 Å². The molecule has 0 atom stereocenters. The maximum Gasteiger partial charge on any atom is 0.229 e. The zero-order valence-electron chi connectivity index (χ0n) is 17.9. The lowest BCUT2D eigenvalue weighted by atomic mass is 9.93. The minimum absolute atomic E-state index is 0.188. The van der Waals surface area contributed by atoms with Gasteiger partial charge in [0.1, 0.15) is 5.82 Å². The number of aromatic nitrogens is 2. The molecule has 2 aromatic carbocycles. The largest absolute Gasteiger partial charge is 0.384 e. The number of anilines is 5. The van der Waals surface area contributed by atoms with Crippen molar-refractivity contribution in [1.82, 2.24) is 14.9 Å². The van der Waals surface area contributed by atoms with E-state index in [1.807, 2.05) is 42.5 Å². The maximum absolute atomic E-state index is 4.58. The minimum atomic E-state index is 0.188. The highest BCUT2D eigenvalue weighted by molar-refractivity contribution is 9.10. The first-order valence-corrected chi connectivity index (χ1v) is 10.7. The molecule has 7 heteroatoms. The summed E-state index contributed by atoms with van der Waals surface area (Å²) in [5, 5.41) is 10.1. The van der Waals surface area contributed by atoms with Crippen LogP contribution in [0.4, 0.5) is 28.8 Å².